The van der Waals surface area contributed by atoms with Crippen molar-refractivity contribution in [2.45, 2.75) is 12.8 Å². The summed E-state index contributed by atoms with van der Waals surface area (Å²) >= 11 is 13.8. The first-order valence-corrected chi connectivity index (χ1v) is 9.87. The molecule has 4 aromatic rings. The molecule has 2 aromatic heterocycles. The molecule has 8 heteroatoms. The van der Waals surface area contributed by atoms with Crippen LogP contribution in [-0.4, -0.2) is 20.5 Å². The lowest BCUT2D eigenvalue weighted by atomic mass is 10.1. The number of anilines is 1. The highest BCUT2D eigenvalue weighted by atomic mass is 35.5. The fraction of sp³-hybridized carbons (Fsp3) is 0.105. The molecule has 0 fully saturated rings. The van der Waals surface area contributed by atoms with Crippen molar-refractivity contribution in [2.24, 2.45) is 0 Å². The molecule has 0 bridgehead atoms. The van der Waals surface area contributed by atoms with Gasteiger partial charge in [-0.15, -0.1) is 16.4 Å². The van der Waals surface area contributed by atoms with E-state index in [4.69, 9.17) is 23.2 Å². The van der Waals surface area contributed by atoms with Crippen molar-refractivity contribution >= 4 is 51.4 Å². The van der Waals surface area contributed by atoms with E-state index in [-0.39, 0.29) is 11.9 Å². The Labute approximate surface area is 169 Å². The van der Waals surface area contributed by atoms with Crippen LogP contribution in [0.25, 0.3) is 16.2 Å². The summed E-state index contributed by atoms with van der Waals surface area (Å²) in [5, 5.41) is 10.2. The van der Waals surface area contributed by atoms with Crippen LogP contribution in [0.1, 0.15) is 12.0 Å². The summed E-state index contributed by atoms with van der Waals surface area (Å²) in [6, 6.07) is 15.1. The first-order chi connectivity index (χ1) is 13.1. The highest BCUT2D eigenvalue weighted by Crippen LogP contribution is 2.33. The van der Waals surface area contributed by atoms with Crippen LogP contribution in [0.5, 0.6) is 0 Å². The molecule has 0 aliphatic carbocycles. The van der Waals surface area contributed by atoms with Gasteiger partial charge in [0.2, 0.25) is 16.8 Å². The minimum Gasteiger partial charge on any atom is -0.293 e. The molecule has 0 aliphatic rings. The van der Waals surface area contributed by atoms with Crippen LogP contribution >= 0.6 is 34.5 Å². The number of fused-ring (bicyclic) bond motifs is 1. The zero-order valence-corrected chi connectivity index (χ0v) is 16.4. The fourth-order valence-corrected chi connectivity index (χ4v) is 3.91. The summed E-state index contributed by atoms with van der Waals surface area (Å²) in [5.74, 6) is 0.152. The Bertz CT molecular complexity index is 1110. The van der Waals surface area contributed by atoms with Gasteiger partial charge in [-0.25, -0.2) is 4.52 Å². The van der Waals surface area contributed by atoms with Gasteiger partial charge in [-0.05, 0) is 30.2 Å². The number of benzene rings is 2. The van der Waals surface area contributed by atoms with Crippen molar-refractivity contribution in [2.75, 3.05) is 5.32 Å². The van der Waals surface area contributed by atoms with E-state index in [0.717, 1.165) is 16.8 Å². The number of thiazole rings is 1. The van der Waals surface area contributed by atoms with E-state index in [0.29, 0.717) is 27.8 Å². The number of hydrogen-bond donors (Lipinski definition) is 1. The third-order valence-electron chi connectivity index (χ3n) is 4.02. The predicted molar refractivity (Wildman–Crippen MR) is 110 cm³/mol. The molecule has 136 valence electrons. The second kappa shape index (κ2) is 7.68. The molecule has 4 rings (SSSR count). The Morgan fingerprint density at radius 2 is 1.96 bits per heavy atom. The number of aromatic nitrogens is 3. The summed E-state index contributed by atoms with van der Waals surface area (Å²) in [5.41, 5.74) is 2.66. The molecule has 0 saturated carbocycles. The molecule has 0 saturated heterocycles. The lowest BCUT2D eigenvalue weighted by Gasteiger charge is -2.03. The molecule has 1 N–H and O–H groups in total. The first kappa shape index (κ1) is 18.0. The van der Waals surface area contributed by atoms with Crippen LogP contribution in [0.15, 0.2) is 53.9 Å². The smallest absolute Gasteiger partial charge is 0.250 e. The van der Waals surface area contributed by atoms with Gasteiger partial charge in [-0.3, -0.25) is 10.1 Å². The summed E-state index contributed by atoms with van der Waals surface area (Å²) in [4.78, 5) is 17.2. The zero-order valence-electron chi connectivity index (χ0n) is 14.0. The molecule has 2 heterocycles. The van der Waals surface area contributed by atoms with Gasteiger partial charge in [0.05, 0.1) is 10.7 Å². The number of carbonyl (C=O) groups excluding carboxylic acids is 1. The number of nitrogens with zero attached hydrogens (tertiary/aromatic N) is 3. The Morgan fingerprint density at radius 1 is 1.15 bits per heavy atom. The summed E-state index contributed by atoms with van der Waals surface area (Å²) in [6.45, 7) is 0. The Kier molecular flexibility index (Phi) is 5.11. The molecule has 0 spiro atoms. The molecule has 0 radical (unpaired) electrons. The van der Waals surface area contributed by atoms with Gasteiger partial charge in [0.25, 0.3) is 0 Å². The van der Waals surface area contributed by atoms with Crippen LogP contribution in [0.4, 0.5) is 5.95 Å². The molecule has 0 aliphatic heterocycles. The molecule has 0 atom stereocenters. The number of carbonyl (C=O) groups is 1. The number of rotatable bonds is 5. The molecule has 1 amide bonds. The minimum absolute atomic E-state index is 0.126. The third kappa shape index (κ3) is 3.98. The maximum atomic E-state index is 12.2. The second-order valence-corrected chi connectivity index (χ2v) is 7.59. The average molecular weight is 417 g/mol. The summed E-state index contributed by atoms with van der Waals surface area (Å²) in [7, 11) is 0. The molecular formula is C19H14Cl2N4OS. The van der Waals surface area contributed by atoms with Gasteiger partial charge in [0, 0.05) is 22.4 Å². The predicted octanol–water partition coefficient (Wildman–Crippen LogP) is 5.34. The molecule has 0 unspecified atom stereocenters. The summed E-state index contributed by atoms with van der Waals surface area (Å²) < 4.78 is 1.66. The summed E-state index contributed by atoms with van der Waals surface area (Å²) in [6.07, 6.45) is 1.03. The Morgan fingerprint density at radius 3 is 2.78 bits per heavy atom. The topological polar surface area (TPSA) is 59.3 Å². The highest BCUT2D eigenvalue weighted by Gasteiger charge is 2.15. The van der Waals surface area contributed by atoms with Crippen LogP contribution in [0.3, 0.4) is 0 Å². The average Bonchev–Trinajstić information content (AvgIpc) is 3.23. The maximum Gasteiger partial charge on any atom is 0.250 e. The van der Waals surface area contributed by atoms with E-state index in [2.05, 4.69) is 15.4 Å². The number of hydrogen-bond acceptors (Lipinski definition) is 4. The van der Waals surface area contributed by atoms with Gasteiger partial charge in [0.15, 0.2) is 0 Å². The molecule has 5 nitrogen and oxygen atoms in total. The number of amides is 1. The largest absolute Gasteiger partial charge is 0.293 e. The van der Waals surface area contributed by atoms with Gasteiger partial charge >= 0.3 is 0 Å². The van der Waals surface area contributed by atoms with Crippen molar-refractivity contribution in [3.8, 4) is 11.3 Å². The van der Waals surface area contributed by atoms with Crippen molar-refractivity contribution in [3.05, 3.63) is 69.5 Å². The number of nitrogens with one attached hydrogen (secondary N) is 1. The van der Waals surface area contributed by atoms with Crippen LogP contribution < -0.4 is 5.32 Å². The molecule has 2 aromatic carbocycles. The lowest BCUT2D eigenvalue weighted by Crippen LogP contribution is -2.13. The van der Waals surface area contributed by atoms with Crippen molar-refractivity contribution < 1.29 is 4.79 Å². The van der Waals surface area contributed by atoms with Gasteiger partial charge in [-0.1, -0.05) is 53.5 Å². The number of halogens is 2. The minimum atomic E-state index is -0.126. The quantitative estimate of drug-likeness (QED) is 0.477. The third-order valence-corrected chi connectivity index (χ3v) is 5.40. The molecule has 27 heavy (non-hydrogen) atoms. The van der Waals surface area contributed by atoms with E-state index in [1.54, 1.807) is 22.7 Å². The van der Waals surface area contributed by atoms with Crippen LogP contribution in [0, 0.1) is 0 Å². The van der Waals surface area contributed by atoms with Crippen molar-refractivity contribution in [3.63, 3.8) is 0 Å². The fourth-order valence-electron chi connectivity index (χ4n) is 2.70. The van der Waals surface area contributed by atoms with Gasteiger partial charge in [0.1, 0.15) is 0 Å². The van der Waals surface area contributed by atoms with E-state index >= 15 is 0 Å². The monoisotopic (exact) mass is 416 g/mol. The van der Waals surface area contributed by atoms with E-state index in [1.807, 2.05) is 35.7 Å². The van der Waals surface area contributed by atoms with Gasteiger partial charge < -0.3 is 0 Å². The normalized spacial score (nSPS) is 11.0. The lowest BCUT2D eigenvalue weighted by molar-refractivity contribution is -0.116. The van der Waals surface area contributed by atoms with Gasteiger partial charge in [-0.2, -0.15) is 4.98 Å². The standard InChI is InChI=1S/C19H14Cl2N4OS/c20-13-7-8-15(21)14(10-13)16-11-27-19-23-18(24-25(16)19)22-17(26)9-6-12-4-2-1-3-5-12/h1-5,7-8,10-11H,6,9H2,(H,22,24,26). The maximum absolute atomic E-state index is 12.2. The van der Waals surface area contributed by atoms with Crippen molar-refractivity contribution in [1.82, 2.24) is 14.6 Å². The second-order valence-electron chi connectivity index (χ2n) is 5.91. The van der Waals surface area contributed by atoms with E-state index in [1.165, 1.54) is 11.3 Å². The van der Waals surface area contributed by atoms with E-state index in [9.17, 15) is 4.79 Å². The first-order valence-electron chi connectivity index (χ1n) is 8.23. The Hall–Kier alpha value is -2.41. The van der Waals surface area contributed by atoms with Crippen LogP contribution in [-0.2, 0) is 11.2 Å². The SMILES string of the molecule is O=C(CCc1ccccc1)Nc1nc2scc(-c3cc(Cl)ccc3Cl)n2n1. The van der Waals surface area contributed by atoms with Crippen molar-refractivity contribution in [1.29, 1.82) is 0 Å². The molecular weight excluding hydrogens is 403 g/mol. The van der Waals surface area contributed by atoms with Crippen LogP contribution in [0.2, 0.25) is 10.0 Å². The number of aryl methyl sites for hydroxylation is 1. The highest BCUT2D eigenvalue weighted by molar-refractivity contribution is 7.15. The zero-order chi connectivity index (χ0) is 18.8. The Balaban J connectivity index is 1.52. The van der Waals surface area contributed by atoms with E-state index < -0.39 is 0 Å².